The van der Waals surface area contributed by atoms with E-state index in [9.17, 15) is 9.59 Å². The molecule has 1 aromatic rings. The third-order valence-corrected chi connectivity index (χ3v) is 2.82. The number of hydrogen-bond acceptors (Lipinski definition) is 3. The van der Waals surface area contributed by atoms with E-state index in [1.807, 2.05) is 24.3 Å². The van der Waals surface area contributed by atoms with Crippen molar-refractivity contribution in [2.75, 3.05) is 18.0 Å². The Balaban J connectivity index is 2.07. The molecular weight excluding hydrogens is 230 g/mol. The summed E-state index contributed by atoms with van der Waals surface area (Å²) in [5, 5.41) is 8.66. The summed E-state index contributed by atoms with van der Waals surface area (Å²) in [5.74, 6) is -0.384. The van der Waals surface area contributed by atoms with Crippen molar-refractivity contribution in [2.45, 2.75) is 13.0 Å². The largest absolute Gasteiger partial charge is 0.320 e. The molecule has 0 spiro atoms. The van der Waals surface area contributed by atoms with Crippen molar-refractivity contribution in [3.05, 3.63) is 30.3 Å². The number of anilines is 1. The zero-order valence-corrected chi connectivity index (χ0v) is 10.0. The molecule has 0 bridgehead atoms. The van der Waals surface area contributed by atoms with Gasteiger partial charge in [0.25, 0.3) is 0 Å². The fourth-order valence-electron chi connectivity index (χ4n) is 1.74. The first-order chi connectivity index (χ1) is 8.63. The van der Waals surface area contributed by atoms with Gasteiger partial charge in [0.15, 0.2) is 0 Å². The normalized spacial score (nSPS) is 16.9. The van der Waals surface area contributed by atoms with E-state index in [2.05, 4.69) is 0 Å². The fourth-order valence-corrected chi connectivity index (χ4v) is 1.74. The van der Waals surface area contributed by atoms with E-state index in [-0.39, 0.29) is 24.4 Å². The van der Waals surface area contributed by atoms with E-state index in [1.54, 1.807) is 12.1 Å². The molecule has 2 rings (SSSR count). The van der Waals surface area contributed by atoms with Crippen molar-refractivity contribution in [1.29, 1.82) is 5.26 Å². The van der Waals surface area contributed by atoms with Crippen LogP contribution in [0.2, 0.25) is 0 Å². The molecule has 1 unspecified atom stereocenters. The molecule has 1 aromatic carbocycles. The number of para-hydroxylation sites is 1. The van der Waals surface area contributed by atoms with Crippen molar-refractivity contribution in [1.82, 2.24) is 4.90 Å². The highest BCUT2D eigenvalue weighted by Crippen LogP contribution is 2.19. The monoisotopic (exact) mass is 243 g/mol. The number of rotatable bonds is 3. The zero-order valence-electron chi connectivity index (χ0n) is 10.0. The zero-order chi connectivity index (χ0) is 13.1. The molecule has 18 heavy (non-hydrogen) atoms. The molecule has 1 fully saturated rings. The van der Waals surface area contributed by atoms with Gasteiger partial charge in [-0.05, 0) is 12.1 Å². The first kappa shape index (κ1) is 12.1. The Labute approximate surface area is 105 Å². The minimum absolute atomic E-state index is 0.0163. The minimum atomic E-state index is -0.318. The van der Waals surface area contributed by atoms with Crippen LogP contribution in [0.15, 0.2) is 30.3 Å². The maximum atomic E-state index is 11.8. The summed E-state index contributed by atoms with van der Waals surface area (Å²) in [6, 6.07) is 10.7. The highest BCUT2D eigenvalue weighted by Gasteiger charge is 2.39. The van der Waals surface area contributed by atoms with Crippen LogP contribution in [-0.4, -0.2) is 35.8 Å². The summed E-state index contributed by atoms with van der Waals surface area (Å²) >= 11 is 0. The lowest BCUT2D eigenvalue weighted by atomic mass is 10.3. The third kappa shape index (κ3) is 2.48. The van der Waals surface area contributed by atoms with Crippen molar-refractivity contribution in [3.63, 3.8) is 0 Å². The van der Waals surface area contributed by atoms with Gasteiger partial charge in [0.05, 0.1) is 12.6 Å². The molecule has 0 aromatic heterocycles. The van der Waals surface area contributed by atoms with Gasteiger partial charge in [0.1, 0.15) is 12.6 Å². The number of benzene rings is 1. The molecule has 2 amide bonds. The molecule has 1 heterocycles. The van der Waals surface area contributed by atoms with Gasteiger partial charge in [-0.3, -0.25) is 9.59 Å². The molecule has 0 saturated carbocycles. The highest BCUT2D eigenvalue weighted by molar-refractivity contribution is 5.98. The number of carbonyl (C=O) groups is 2. The van der Waals surface area contributed by atoms with E-state index in [1.165, 1.54) is 16.7 Å². The van der Waals surface area contributed by atoms with Gasteiger partial charge in [-0.25, -0.2) is 0 Å². The summed E-state index contributed by atoms with van der Waals surface area (Å²) in [4.78, 5) is 26.3. The van der Waals surface area contributed by atoms with Crippen LogP contribution in [0.4, 0.5) is 5.69 Å². The molecular formula is C13H13N3O2. The number of carbonyl (C=O) groups excluding carboxylic acids is 2. The maximum absolute atomic E-state index is 11.8. The van der Waals surface area contributed by atoms with Crippen LogP contribution in [0.5, 0.6) is 0 Å². The summed E-state index contributed by atoms with van der Waals surface area (Å²) < 4.78 is 0. The third-order valence-electron chi connectivity index (χ3n) is 2.82. The van der Waals surface area contributed by atoms with E-state index >= 15 is 0 Å². The average molecular weight is 243 g/mol. The van der Waals surface area contributed by atoms with Crippen LogP contribution >= 0.6 is 0 Å². The lowest BCUT2D eigenvalue weighted by Gasteiger charge is -2.20. The van der Waals surface area contributed by atoms with Crippen molar-refractivity contribution >= 4 is 17.5 Å². The van der Waals surface area contributed by atoms with Gasteiger partial charge in [-0.2, -0.15) is 5.26 Å². The summed E-state index contributed by atoms with van der Waals surface area (Å²) in [7, 11) is 0. The quantitative estimate of drug-likeness (QED) is 0.737. The van der Waals surface area contributed by atoms with Gasteiger partial charge in [0, 0.05) is 12.6 Å². The number of amides is 2. The SMILES string of the molecule is CC(=O)N(CC(=O)N1CC1C#N)c1ccccc1. The van der Waals surface area contributed by atoms with Crippen LogP contribution in [0.3, 0.4) is 0 Å². The Morgan fingerprint density at radius 2 is 2.11 bits per heavy atom. The Kier molecular flexibility index (Phi) is 3.28. The topological polar surface area (TPSA) is 64.2 Å². The van der Waals surface area contributed by atoms with E-state index < -0.39 is 0 Å². The number of hydrogen-bond donors (Lipinski definition) is 0. The molecule has 1 aliphatic heterocycles. The Hall–Kier alpha value is -2.35. The minimum Gasteiger partial charge on any atom is -0.320 e. The first-order valence-electron chi connectivity index (χ1n) is 5.65. The Bertz CT molecular complexity index is 507. The van der Waals surface area contributed by atoms with Gasteiger partial charge in [-0.15, -0.1) is 0 Å². The lowest BCUT2D eigenvalue weighted by molar-refractivity contribution is -0.126. The van der Waals surface area contributed by atoms with Gasteiger partial charge in [-0.1, -0.05) is 18.2 Å². The van der Waals surface area contributed by atoms with Crippen LogP contribution in [-0.2, 0) is 9.59 Å². The summed E-state index contributed by atoms with van der Waals surface area (Å²) in [6.07, 6.45) is 0. The summed E-state index contributed by atoms with van der Waals surface area (Å²) in [5.41, 5.74) is 0.689. The standard InChI is InChI=1S/C13H13N3O2/c1-10(17)15(11-5-3-2-4-6-11)9-13(18)16-8-12(16)7-14/h2-6,12H,8-9H2,1H3. The predicted molar refractivity (Wildman–Crippen MR) is 65.6 cm³/mol. The molecule has 1 aliphatic rings. The van der Waals surface area contributed by atoms with Crippen LogP contribution < -0.4 is 4.90 Å². The molecule has 1 atom stereocenters. The van der Waals surface area contributed by atoms with Gasteiger partial charge < -0.3 is 9.80 Å². The van der Waals surface area contributed by atoms with E-state index in [4.69, 9.17) is 5.26 Å². The molecule has 0 N–H and O–H groups in total. The molecule has 5 nitrogen and oxygen atoms in total. The Morgan fingerprint density at radius 3 is 2.61 bits per heavy atom. The highest BCUT2D eigenvalue weighted by atomic mass is 16.2. The van der Waals surface area contributed by atoms with Gasteiger partial charge >= 0.3 is 0 Å². The molecule has 1 saturated heterocycles. The molecule has 92 valence electrons. The average Bonchev–Trinajstić information content (AvgIpc) is 3.16. The second kappa shape index (κ2) is 4.88. The maximum Gasteiger partial charge on any atom is 0.243 e. The van der Waals surface area contributed by atoms with Crippen molar-refractivity contribution in [2.24, 2.45) is 0 Å². The van der Waals surface area contributed by atoms with Crippen LogP contribution in [0.1, 0.15) is 6.92 Å². The summed E-state index contributed by atoms with van der Waals surface area (Å²) in [6.45, 7) is 1.87. The van der Waals surface area contributed by atoms with Crippen LogP contribution in [0.25, 0.3) is 0 Å². The molecule has 0 radical (unpaired) electrons. The second-order valence-electron chi connectivity index (χ2n) is 4.13. The number of nitriles is 1. The van der Waals surface area contributed by atoms with Crippen molar-refractivity contribution < 1.29 is 9.59 Å². The number of nitrogens with zero attached hydrogens (tertiary/aromatic N) is 3. The molecule has 0 aliphatic carbocycles. The fraction of sp³-hybridized carbons (Fsp3) is 0.308. The Morgan fingerprint density at radius 1 is 1.44 bits per heavy atom. The first-order valence-corrected chi connectivity index (χ1v) is 5.65. The lowest BCUT2D eigenvalue weighted by Crippen LogP contribution is -2.36. The van der Waals surface area contributed by atoms with E-state index in [0.29, 0.717) is 12.2 Å². The molecule has 5 heteroatoms. The second-order valence-corrected chi connectivity index (χ2v) is 4.13. The van der Waals surface area contributed by atoms with Crippen LogP contribution in [0, 0.1) is 11.3 Å². The predicted octanol–water partition coefficient (Wildman–Crippen LogP) is 0.774. The van der Waals surface area contributed by atoms with E-state index in [0.717, 1.165) is 0 Å². The van der Waals surface area contributed by atoms with Crippen molar-refractivity contribution in [3.8, 4) is 6.07 Å². The van der Waals surface area contributed by atoms with Gasteiger partial charge in [0.2, 0.25) is 11.8 Å². The smallest absolute Gasteiger partial charge is 0.243 e.